The predicted octanol–water partition coefficient (Wildman–Crippen LogP) is 2.69. The zero-order valence-electron chi connectivity index (χ0n) is 6.08. The first-order valence-corrected chi connectivity index (χ1v) is 3.89. The van der Waals surface area contributed by atoms with Crippen LogP contribution >= 0.6 is 15.9 Å². The Kier molecular flexibility index (Phi) is 2.86. The first-order valence-electron chi connectivity index (χ1n) is 3.10. The van der Waals surface area contributed by atoms with Gasteiger partial charge in [0.25, 0.3) is 6.43 Å². The fourth-order valence-electron chi connectivity index (χ4n) is 0.699. The molecule has 7 heteroatoms. The van der Waals surface area contributed by atoms with E-state index in [1.807, 2.05) is 0 Å². The van der Waals surface area contributed by atoms with Gasteiger partial charge in [0.05, 0.1) is 5.56 Å². The van der Waals surface area contributed by atoms with E-state index >= 15 is 0 Å². The molecule has 0 amide bonds. The SMILES string of the molecule is O=[N+]([O-])c1ncc(C(F)F)cc1Br. The zero-order valence-corrected chi connectivity index (χ0v) is 7.66. The van der Waals surface area contributed by atoms with Crippen molar-refractivity contribution < 1.29 is 13.7 Å². The van der Waals surface area contributed by atoms with Gasteiger partial charge in [0.2, 0.25) is 0 Å². The molecule has 0 unspecified atom stereocenters. The molecule has 0 aliphatic rings. The van der Waals surface area contributed by atoms with E-state index < -0.39 is 17.2 Å². The monoisotopic (exact) mass is 252 g/mol. The van der Waals surface area contributed by atoms with Crippen LogP contribution < -0.4 is 0 Å². The molecule has 0 aliphatic carbocycles. The van der Waals surface area contributed by atoms with Crippen molar-refractivity contribution in [1.29, 1.82) is 0 Å². The molecule has 0 spiro atoms. The molecule has 1 aromatic rings. The van der Waals surface area contributed by atoms with Gasteiger partial charge >= 0.3 is 5.82 Å². The second-order valence-corrected chi connectivity index (χ2v) is 2.99. The highest BCUT2D eigenvalue weighted by Crippen LogP contribution is 2.27. The topological polar surface area (TPSA) is 56.0 Å². The van der Waals surface area contributed by atoms with Crippen LogP contribution in [0.25, 0.3) is 0 Å². The van der Waals surface area contributed by atoms with Crippen LogP contribution in [0, 0.1) is 10.1 Å². The molecule has 1 rings (SSSR count). The fourth-order valence-corrected chi connectivity index (χ4v) is 1.21. The van der Waals surface area contributed by atoms with Gasteiger partial charge in [-0.3, -0.25) is 0 Å². The Morgan fingerprint density at radius 1 is 1.62 bits per heavy atom. The van der Waals surface area contributed by atoms with E-state index in [1.165, 1.54) is 0 Å². The summed E-state index contributed by atoms with van der Waals surface area (Å²) in [6.07, 6.45) is -1.89. The van der Waals surface area contributed by atoms with Crippen molar-refractivity contribution in [1.82, 2.24) is 4.98 Å². The van der Waals surface area contributed by atoms with Crippen molar-refractivity contribution in [3.8, 4) is 0 Å². The average molecular weight is 253 g/mol. The maximum atomic E-state index is 12.0. The number of alkyl halides is 2. The number of rotatable bonds is 2. The van der Waals surface area contributed by atoms with Gasteiger partial charge in [0, 0.05) is 0 Å². The Morgan fingerprint density at radius 3 is 2.62 bits per heavy atom. The molecular formula is C6H3BrF2N2O2. The van der Waals surface area contributed by atoms with Gasteiger partial charge in [-0.1, -0.05) is 0 Å². The summed E-state index contributed by atoms with van der Waals surface area (Å²) in [5, 5.41) is 10.2. The van der Waals surface area contributed by atoms with E-state index in [-0.39, 0.29) is 10.0 Å². The summed E-state index contributed by atoms with van der Waals surface area (Å²) < 4.78 is 24.1. The van der Waals surface area contributed by atoms with E-state index in [0.29, 0.717) is 0 Å². The highest BCUT2D eigenvalue weighted by atomic mass is 79.9. The number of hydrogen-bond acceptors (Lipinski definition) is 3. The first-order chi connectivity index (χ1) is 6.02. The quantitative estimate of drug-likeness (QED) is 0.601. The highest BCUT2D eigenvalue weighted by Gasteiger charge is 2.17. The third-order valence-corrected chi connectivity index (χ3v) is 1.85. The lowest BCUT2D eigenvalue weighted by atomic mass is 10.3. The molecule has 0 aliphatic heterocycles. The lowest BCUT2D eigenvalue weighted by Crippen LogP contribution is -1.95. The smallest absolute Gasteiger partial charge is 0.358 e. The molecule has 0 atom stereocenters. The summed E-state index contributed by atoms with van der Waals surface area (Å²) in [5.74, 6) is -0.468. The number of halogens is 3. The number of nitrogens with zero attached hydrogens (tertiary/aromatic N) is 2. The van der Waals surface area contributed by atoms with Crippen molar-refractivity contribution in [3.05, 3.63) is 32.4 Å². The molecule has 1 aromatic heterocycles. The highest BCUT2D eigenvalue weighted by molar-refractivity contribution is 9.10. The maximum Gasteiger partial charge on any atom is 0.377 e. The molecule has 0 saturated heterocycles. The number of aromatic nitrogens is 1. The molecule has 0 saturated carbocycles. The fraction of sp³-hybridized carbons (Fsp3) is 0.167. The van der Waals surface area contributed by atoms with Crippen LogP contribution in [0.4, 0.5) is 14.6 Å². The van der Waals surface area contributed by atoms with Gasteiger partial charge < -0.3 is 10.1 Å². The summed E-state index contributed by atoms with van der Waals surface area (Å²) in [7, 11) is 0. The van der Waals surface area contributed by atoms with E-state index in [4.69, 9.17) is 0 Å². The van der Waals surface area contributed by atoms with Crippen LogP contribution in [0.1, 0.15) is 12.0 Å². The van der Waals surface area contributed by atoms with E-state index in [2.05, 4.69) is 20.9 Å². The lowest BCUT2D eigenvalue weighted by molar-refractivity contribution is -0.390. The van der Waals surface area contributed by atoms with Crippen LogP contribution in [0.5, 0.6) is 0 Å². The van der Waals surface area contributed by atoms with Gasteiger partial charge in [0.1, 0.15) is 10.7 Å². The van der Waals surface area contributed by atoms with Crippen LogP contribution in [0.2, 0.25) is 0 Å². The zero-order chi connectivity index (χ0) is 10.0. The molecular weight excluding hydrogens is 250 g/mol. The molecule has 0 bridgehead atoms. The van der Waals surface area contributed by atoms with Crippen LogP contribution in [0.3, 0.4) is 0 Å². The Balaban J connectivity index is 3.13. The van der Waals surface area contributed by atoms with Gasteiger partial charge in [-0.05, 0) is 31.9 Å². The largest absolute Gasteiger partial charge is 0.377 e. The minimum absolute atomic E-state index is 0.0460. The van der Waals surface area contributed by atoms with Crippen molar-refractivity contribution in [2.75, 3.05) is 0 Å². The number of pyridine rings is 1. The standard InChI is InChI=1S/C6H3BrF2N2O2/c7-4-1-3(5(8)9)2-10-6(4)11(12)13/h1-2,5H. The average Bonchev–Trinajstić information content (AvgIpc) is 2.03. The molecule has 13 heavy (non-hydrogen) atoms. The third kappa shape index (κ3) is 2.18. The van der Waals surface area contributed by atoms with E-state index in [1.54, 1.807) is 0 Å². The van der Waals surface area contributed by atoms with E-state index in [9.17, 15) is 18.9 Å². The summed E-state index contributed by atoms with van der Waals surface area (Å²) in [5.41, 5.74) is -0.350. The van der Waals surface area contributed by atoms with Crippen molar-refractivity contribution >= 4 is 21.7 Å². The minimum Gasteiger partial charge on any atom is -0.358 e. The summed E-state index contributed by atoms with van der Waals surface area (Å²) >= 11 is 2.78. The molecule has 1 heterocycles. The minimum atomic E-state index is -2.68. The van der Waals surface area contributed by atoms with E-state index in [0.717, 1.165) is 12.3 Å². The van der Waals surface area contributed by atoms with Crippen LogP contribution in [-0.4, -0.2) is 9.91 Å². The summed E-state index contributed by atoms with van der Waals surface area (Å²) in [6.45, 7) is 0. The van der Waals surface area contributed by atoms with Crippen molar-refractivity contribution in [2.45, 2.75) is 6.43 Å². The normalized spacial score (nSPS) is 10.5. The van der Waals surface area contributed by atoms with Crippen molar-refractivity contribution in [3.63, 3.8) is 0 Å². The molecule has 0 aromatic carbocycles. The molecule has 70 valence electrons. The third-order valence-electron chi connectivity index (χ3n) is 1.27. The number of nitro groups is 1. The molecule has 4 nitrogen and oxygen atoms in total. The summed E-state index contributed by atoms with van der Waals surface area (Å²) in [4.78, 5) is 12.8. The Morgan fingerprint density at radius 2 is 2.23 bits per heavy atom. The summed E-state index contributed by atoms with van der Waals surface area (Å²) in [6, 6.07) is 0.982. The van der Waals surface area contributed by atoms with Crippen LogP contribution in [-0.2, 0) is 0 Å². The molecule has 0 fully saturated rings. The second-order valence-electron chi connectivity index (χ2n) is 2.13. The van der Waals surface area contributed by atoms with Gasteiger partial charge in [-0.25, -0.2) is 8.78 Å². The van der Waals surface area contributed by atoms with Gasteiger partial charge in [-0.15, -0.1) is 0 Å². The van der Waals surface area contributed by atoms with Gasteiger partial charge in [0.15, 0.2) is 0 Å². The molecule has 0 radical (unpaired) electrons. The Bertz CT molecular complexity index is 345. The Hall–Kier alpha value is -1.11. The number of hydrogen-bond donors (Lipinski definition) is 0. The van der Waals surface area contributed by atoms with Crippen molar-refractivity contribution in [2.24, 2.45) is 0 Å². The lowest BCUT2D eigenvalue weighted by Gasteiger charge is -1.98. The van der Waals surface area contributed by atoms with Crippen LogP contribution in [0.15, 0.2) is 16.7 Å². The maximum absolute atomic E-state index is 12.0. The second kappa shape index (κ2) is 3.73. The predicted molar refractivity (Wildman–Crippen MR) is 43.5 cm³/mol. The molecule has 0 N–H and O–H groups in total. The van der Waals surface area contributed by atoms with Gasteiger partial charge in [-0.2, -0.15) is 0 Å². The Labute approximate surface area is 79.9 Å². The first kappa shape index (κ1) is 9.97.